The smallest absolute Gasteiger partial charge is 0.311 e. The summed E-state index contributed by atoms with van der Waals surface area (Å²) in [6, 6.07) is 7.89. The Morgan fingerprint density at radius 3 is 2.63 bits per heavy atom. The van der Waals surface area contributed by atoms with Crippen LogP contribution in [0.15, 0.2) is 29.2 Å². The molecule has 0 radical (unpaired) electrons. The normalized spacial score (nSPS) is 15.8. The molecule has 1 aromatic rings. The summed E-state index contributed by atoms with van der Waals surface area (Å²) in [5.41, 5.74) is 0.452. The predicted octanol–water partition coefficient (Wildman–Crippen LogP) is 2.07. The second-order valence-corrected chi connectivity index (χ2v) is 5.93. The first-order chi connectivity index (χ1) is 9.03. The molecule has 0 heterocycles. The van der Waals surface area contributed by atoms with Crippen LogP contribution in [0.3, 0.4) is 0 Å². The van der Waals surface area contributed by atoms with Crippen LogP contribution in [-0.2, 0) is 9.59 Å². The number of benzene rings is 1. The van der Waals surface area contributed by atoms with Crippen molar-refractivity contribution < 1.29 is 14.7 Å². The largest absolute Gasteiger partial charge is 0.481 e. The number of carbonyl (C=O) groups is 2. The van der Waals surface area contributed by atoms with Crippen molar-refractivity contribution in [3.05, 3.63) is 29.8 Å². The number of aliphatic carboxylic acids is 1. The molecule has 0 aliphatic heterocycles. The maximum atomic E-state index is 11.7. The van der Waals surface area contributed by atoms with E-state index in [2.05, 4.69) is 5.32 Å². The number of carboxylic acids is 1. The lowest BCUT2D eigenvalue weighted by Crippen LogP contribution is -2.35. The number of nitrogens with one attached hydrogen (secondary N) is 1. The van der Waals surface area contributed by atoms with E-state index in [1.807, 2.05) is 31.2 Å². The van der Waals surface area contributed by atoms with Crippen LogP contribution in [0.25, 0.3) is 0 Å². The third-order valence-electron chi connectivity index (χ3n) is 3.38. The molecule has 1 amide bonds. The minimum absolute atomic E-state index is 0.110. The highest BCUT2D eigenvalue weighted by Gasteiger charge is 2.50. The van der Waals surface area contributed by atoms with E-state index in [-0.39, 0.29) is 12.5 Å². The van der Waals surface area contributed by atoms with Crippen LogP contribution in [0.2, 0.25) is 0 Å². The zero-order valence-electron chi connectivity index (χ0n) is 10.8. The molecular weight excluding hydrogens is 262 g/mol. The molecule has 1 aromatic carbocycles. The quantitative estimate of drug-likeness (QED) is 0.782. The second-order valence-electron chi connectivity index (χ2n) is 4.92. The van der Waals surface area contributed by atoms with Gasteiger partial charge in [-0.05, 0) is 31.4 Å². The van der Waals surface area contributed by atoms with Crippen molar-refractivity contribution in [1.82, 2.24) is 5.32 Å². The van der Waals surface area contributed by atoms with Crippen molar-refractivity contribution in [2.45, 2.75) is 24.7 Å². The SMILES string of the molecule is Cc1ccccc1SCC(=O)NCC1(C(=O)O)CC1. The van der Waals surface area contributed by atoms with E-state index >= 15 is 0 Å². The van der Waals surface area contributed by atoms with E-state index in [1.54, 1.807) is 0 Å². The number of aryl methyl sites for hydroxylation is 1. The molecule has 1 fully saturated rings. The lowest BCUT2D eigenvalue weighted by atomic mass is 10.1. The molecule has 0 spiro atoms. The third kappa shape index (κ3) is 3.50. The van der Waals surface area contributed by atoms with Crippen molar-refractivity contribution in [3.63, 3.8) is 0 Å². The Bertz CT molecular complexity index is 497. The number of carboxylic acid groups (broad SMARTS) is 1. The molecule has 5 heteroatoms. The van der Waals surface area contributed by atoms with Gasteiger partial charge in [0.1, 0.15) is 0 Å². The molecule has 1 aliphatic rings. The van der Waals surface area contributed by atoms with Gasteiger partial charge in [0.05, 0.1) is 11.2 Å². The number of hydrogen-bond donors (Lipinski definition) is 2. The standard InChI is InChI=1S/C14H17NO3S/c1-10-4-2-3-5-11(10)19-8-12(16)15-9-14(6-7-14)13(17)18/h2-5H,6-9H2,1H3,(H,15,16)(H,17,18). The van der Waals surface area contributed by atoms with Crippen molar-refractivity contribution >= 4 is 23.6 Å². The van der Waals surface area contributed by atoms with E-state index in [0.29, 0.717) is 18.6 Å². The molecular formula is C14H17NO3S. The molecule has 0 saturated heterocycles. The lowest BCUT2D eigenvalue weighted by molar-refractivity contribution is -0.143. The summed E-state index contributed by atoms with van der Waals surface area (Å²) in [7, 11) is 0. The molecule has 19 heavy (non-hydrogen) atoms. The average Bonchev–Trinajstić information content (AvgIpc) is 3.16. The maximum Gasteiger partial charge on any atom is 0.311 e. The van der Waals surface area contributed by atoms with Crippen LogP contribution in [-0.4, -0.2) is 29.3 Å². The molecule has 1 aliphatic carbocycles. The molecule has 0 unspecified atom stereocenters. The van der Waals surface area contributed by atoms with Crippen molar-refractivity contribution in [3.8, 4) is 0 Å². The third-order valence-corrected chi connectivity index (χ3v) is 4.56. The van der Waals surface area contributed by atoms with Gasteiger partial charge in [-0.1, -0.05) is 18.2 Å². The van der Waals surface area contributed by atoms with Crippen molar-refractivity contribution in [2.75, 3.05) is 12.3 Å². The predicted molar refractivity (Wildman–Crippen MR) is 74.2 cm³/mol. The van der Waals surface area contributed by atoms with E-state index in [0.717, 1.165) is 10.5 Å². The van der Waals surface area contributed by atoms with Gasteiger partial charge >= 0.3 is 5.97 Å². The van der Waals surface area contributed by atoms with E-state index in [9.17, 15) is 9.59 Å². The molecule has 2 N–H and O–H groups in total. The van der Waals surface area contributed by atoms with Crippen LogP contribution in [0, 0.1) is 12.3 Å². The molecule has 0 atom stereocenters. The molecule has 0 aromatic heterocycles. The Balaban J connectivity index is 1.77. The summed E-state index contributed by atoms with van der Waals surface area (Å²) >= 11 is 1.48. The van der Waals surface area contributed by atoms with E-state index < -0.39 is 11.4 Å². The summed E-state index contributed by atoms with van der Waals surface area (Å²) in [6.45, 7) is 2.25. The number of thioether (sulfide) groups is 1. The first kappa shape index (κ1) is 13.9. The van der Waals surface area contributed by atoms with Gasteiger partial charge in [0.15, 0.2) is 0 Å². The van der Waals surface area contributed by atoms with E-state index in [4.69, 9.17) is 5.11 Å². The van der Waals surface area contributed by atoms with Gasteiger partial charge < -0.3 is 10.4 Å². The molecule has 1 saturated carbocycles. The van der Waals surface area contributed by atoms with Crippen LogP contribution in [0.1, 0.15) is 18.4 Å². The summed E-state index contributed by atoms with van der Waals surface area (Å²) in [6.07, 6.45) is 1.32. The highest BCUT2D eigenvalue weighted by atomic mass is 32.2. The topological polar surface area (TPSA) is 66.4 Å². The van der Waals surface area contributed by atoms with E-state index in [1.165, 1.54) is 11.8 Å². The second kappa shape index (κ2) is 5.65. The van der Waals surface area contributed by atoms with Crippen LogP contribution >= 0.6 is 11.8 Å². The Morgan fingerprint density at radius 2 is 2.05 bits per heavy atom. The van der Waals surface area contributed by atoms with Crippen molar-refractivity contribution in [1.29, 1.82) is 0 Å². The highest BCUT2D eigenvalue weighted by molar-refractivity contribution is 8.00. The Kier molecular flexibility index (Phi) is 4.14. The van der Waals surface area contributed by atoms with Gasteiger partial charge in [0.25, 0.3) is 0 Å². The van der Waals surface area contributed by atoms with Crippen LogP contribution < -0.4 is 5.32 Å². The molecule has 2 rings (SSSR count). The summed E-state index contributed by atoms with van der Waals surface area (Å²) in [5, 5.41) is 11.7. The lowest BCUT2D eigenvalue weighted by Gasteiger charge is -2.11. The highest BCUT2D eigenvalue weighted by Crippen LogP contribution is 2.45. The van der Waals surface area contributed by atoms with Gasteiger partial charge in [0, 0.05) is 11.4 Å². The number of carbonyl (C=O) groups excluding carboxylic acids is 1. The number of rotatable bonds is 6. The first-order valence-corrected chi connectivity index (χ1v) is 7.21. The Morgan fingerprint density at radius 1 is 1.37 bits per heavy atom. The molecule has 0 bridgehead atoms. The van der Waals surface area contributed by atoms with Gasteiger partial charge in [-0.2, -0.15) is 0 Å². The zero-order chi connectivity index (χ0) is 13.9. The minimum atomic E-state index is -0.806. The Labute approximate surface area is 116 Å². The van der Waals surface area contributed by atoms with Crippen LogP contribution in [0.4, 0.5) is 0 Å². The summed E-state index contributed by atoms with van der Waals surface area (Å²) in [5.74, 6) is -0.597. The summed E-state index contributed by atoms with van der Waals surface area (Å²) < 4.78 is 0. The number of hydrogen-bond acceptors (Lipinski definition) is 3. The summed E-state index contributed by atoms with van der Waals surface area (Å²) in [4.78, 5) is 23.7. The zero-order valence-corrected chi connectivity index (χ0v) is 11.6. The maximum absolute atomic E-state index is 11.7. The van der Waals surface area contributed by atoms with Gasteiger partial charge in [-0.3, -0.25) is 9.59 Å². The van der Waals surface area contributed by atoms with Gasteiger partial charge in [-0.15, -0.1) is 11.8 Å². The molecule has 102 valence electrons. The minimum Gasteiger partial charge on any atom is -0.481 e. The van der Waals surface area contributed by atoms with Crippen LogP contribution in [0.5, 0.6) is 0 Å². The van der Waals surface area contributed by atoms with Gasteiger partial charge in [0.2, 0.25) is 5.91 Å². The fourth-order valence-electron chi connectivity index (χ4n) is 1.80. The number of amides is 1. The molecule has 4 nitrogen and oxygen atoms in total. The monoisotopic (exact) mass is 279 g/mol. The first-order valence-electron chi connectivity index (χ1n) is 6.22. The van der Waals surface area contributed by atoms with Gasteiger partial charge in [-0.25, -0.2) is 0 Å². The fraction of sp³-hybridized carbons (Fsp3) is 0.429. The average molecular weight is 279 g/mol. The fourth-order valence-corrected chi connectivity index (χ4v) is 2.66. The van der Waals surface area contributed by atoms with Crippen molar-refractivity contribution in [2.24, 2.45) is 5.41 Å². The Hall–Kier alpha value is -1.49.